The first-order valence-electron chi connectivity index (χ1n) is 5.30. The van der Waals surface area contributed by atoms with Gasteiger partial charge >= 0.3 is 6.09 Å². The first-order valence-corrected chi connectivity index (χ1v) is 6.68. The lowest BCUT2D eigenvalue weighted by molar-refractivity contribution is 0.144. The van der Waals surface area contributed by atoms with E-state index in [-0.39, 0.29) is 5.38 Å². The smallest absolute Gasteiger partial charge is 0.407 e. The third-order valence-electron chi connectivity index (χ3n) is 2.06. The molecule has 16 heavy (non-hydrogen) atoms. The predicted octanol–water partition coefficient (Wildman–Crippen LogP) is 3.55. The van der Waals surface area contributed by atoms with E-state index in [4.69, 9.17) is 16.3 Å². The average molecular weight is 262 g/mol. The molecule has 1 N–H and O–H groups in total. The molecule has 0 saturated heterocycles. The number of hydrogen-bond donors (Lipinski definition) is 1. The van der Waals surface area contributed by atoms with Crippen LogP contribution in [0.15, 0.2) is 16.8 Å². The molecule has 1 unspecified atom stereocenters. The Bertz CT molecular complexity index is 303. The highest BCUT2D eigenvalue weighted by Gasteiger charge is 2.10. The van der Waals surface area contributed by atoms with Crippen LogP contribution in [0.25, 0.3) is 0 Å². The number of amides is 1. The lowest BCUT2D eigenvalue weighted by Gasteiger charge is -2.09. The first-order chi connectivity index (χ1) is 7.74. The lowest BCUT2D eigenvalue weighted by atomic mass is 10.2. The summed E-state index contributed by atoms with van der Waals surface area (Å²) in [5.74, 6) is 0. The molecular formula is C11H16ClNO2S. The van der Waals surface area contributed by atoms with Crippen molar-refractivity contribution in [3.05, 3.63) is 22.4 Å². The van der Waals surface area contributed by atoms with E-state index >= 15 is 0 Å². The van der Waals surface area contributed by atoms with Crippen molar-refractivity contribution in [2.24, 2.45) is 0 Å². The minimum absolute atomic E-state index is 0.190. The second kappa shape index (κ2) is 7.52. The molecule has 1 heterocycles. The zero-order valence-corrected chi connectivity index (χ0v) is 10.8. The van der Waals surface area contributed by atoms with Crippen molar-refractivity contribution in [2.45, 2.75) is 25.1 Å². The fourth-order valence-corrected chi connectivity index (χ4v) is 2.11. The minimum Gasteiger partial charge on any atom is -0.450 e. The molecule has 0 aliphatic rings. The summed E-state index contributed by atoms with van der Waals surface area (Å²) in [5.41, 5.74) is 1.03. The Labute approximate surface area is 105 Å². The largest absolute Gasteiger partial charge is 0.450 e. The second-order valence-corrected chi connectivity index (χ2v) is 4.70. The van der Waals surface area contributed by atoms with Crippen LogP contribution in [-0.4, -0.2) is 19.2 Å². The van der Waals surface area contributed by atoms with Gasteiger partial charge in [-0.3, -0.25) is 0 Å². The van der Waals surface area contributed by atoms with Crippen LogP contribution in [0.3, 0.4) is 0 Å². The van der Waals surface area contributed by atoms with Crippen LogP contribution in [-0.2, 0) is 4.74 Å². The van der Waals surface area contributed by atoms with Crippen LogP contribution < -0.4 is 5.32 Å². The molecule has 90 valence electrons. The Morgan fingerprint density at radius 1 is 1.69 bits per heavy atom. The van der Waals surface area contributed by atoms with E-state index in [0.717, 1.165) is 18.4 Å². The molecule has 0 aliphatic heterocycles. The van der Waals surface area contributed by atoms with Crippen molar-refractivity contribution in [1.29, 1.82) is 0 Å². The third-order valence-corrected chi connectivity index (χ3v) is 3.17. The number of carbonyl (C=O) groups excluding carboxylic acids is 1. The number of nitrogens with one attached hydrogen (secondary N) is 1. The predicted molar refractivity (Wildman–Crippen MR) is 67.2 cm³/mol. The van der Waals surface area contributed by atoms with Gasteiger partial charge in [-0.15, -0.1) is 11.6 Å². The second-order valence-electron chi connectivity index (χ2n) is 3.39. The van der Waals surface area contributed by atoms with Gasteiger partial charge in [0.25, 0.3) is 0 Å². The van der Waals surface area contributed by atoms with Gasteiger partial charge in [-0.05, 0) is 28.8 Å². The van der Waals surface area contributed by atoms with Gasteiger partial charge in [0.05, 0.1) is 12.0 Å². The van der Waals surface area contributed by atoms with Gasteiger partial charge < -0.3 is 10.1 Å². The molecule has 1 atom stereocenters. The highest BCUT2D eigenvalue weighted by molar-refractivity contribution is 7.08. The van der Waals surface area contributed by atoms with Crippen LogP contribution in [0.4, 0.5) is 4.79 Å². The normalized spacial score (nSPS) is 12.1. The minimum atomic E-state index is -0.394. The molecule has 0 spiro atoms. The van der Waals surface area contributed by atoms with E-state index in [9.17, 15) is 4.79 Å². The molecule has 1 aromatic rings. The monoisotopic (exact) mass is 261 g/mol. The average Bonchev–Trinajstić information content (AvgIpc) is 2.79. The molecule has 1 rings (SSSR count). The van der Waals surface area contributed by atoms with Crippen molar-refractivity contribution in [3.63, 3.8) is 0 Å². The van der Waals surface area contributed by atoms with Crippen LogP contribution in [0.2, 0.25) is 0 Å². The summed E-state index contributed by atoms with van der Waals surface area (Å²) >= 11 is 7.68. The number of halogens is 1. The SMILES string of the molecule is CCCCOC(=O)NCC(Cl)c1ccsc1. The number of unbranched alkanes of at least 4 members (excludes halogenated alkanes) is 1. The van der Waals surface area contributed by atoms with E-state index < -0.39 is 6.09 Å². The molecule has 0 aromatic carbocycles. The summed E-state index contributed by atoms with van der Waals surface area (Å²) in [6.07, 6.45) is 1.51. The molecule has 1 aromatic heterocycles. The number of carbonyl (C=O) groups is 1. The summed E-state index contributed by atoms with van der Waals surface area (Å²) in [4.78, 5) is 11.2. The van der Waals surface area contributed by atoms with Gasteiger partial charge in [-0.1, -0.05) is 13.3 Å². The Kier molecular flexibility index (Phi) is 6.26. The quantitative estimate of drug-likeness (QED) is 0.628. The zero-order valence-electron chi connectivity index (χ0n) is 9.24. The fourth-order valence-electron chi connectivity index (χ4n) is 1.10. The number of rotatable bonds is 6. The molecular weight excluding hydrogens is 246 g/mol. The lowest BCUT2D eigenvalue weighted by Crippen LogP contribution is -2.27. The highest BCUT2D eigenvalue weighted by atomic mass is 35.5. The van der Waals surface area contributed by atoms with E-state index in [0.29, 0.717) is 13.2 Å². The maximum absolute atomic E-state index is 11.2. The first kappa shape index (κ1) is 13.3. The summed E-state index contributed by atoms with van der Waals surface area (Å²) < 4.78 is 4.94. The maximum atomic E-state index is 11.2. The van der Waals surface area contributed by atoms with E-state index in [2.05, 4.69) is 5.32 Å². The van der Waals surface area contributed by atoms with Crippen molar-refractivity contribution < 1.29 is 9.53 Å². The van der Waals surface area contributed by atoms with Gasteiger partial charge in [0.1, 0.15) is 0 Å². The Hall–Kier alpha value is -0.740. The van der Waals surface area contributed by atoms with Gasteiger partial charge in [0.2, 0.25) is 0 Å². The van der Waals surface area contributed by atoms with Crippen molar-refractivity contribution in [2.75, 3.05) is 13.2 Å². The number of hydrogen-bond acceptors (Lipinski definition) is 3. The van der Waals surface area contributed by atoms with Crippen molar-refractivity contribution in [3.8, 4) is 0 Å². The van der Waals surface area contributed by atoms with Gasteiger partial charge in [0.15, 0.2) is 0 Å². The molecule has 5 heteroatoms. The van der Waals surface area contributed by atoms with Crippen LogP contribution in [0.5, 0.6) is 0 Å². The van der Waals surface area contributed by atoms with Gasteiger partial charge in [0, 0.05) is 6.54 Å². The van der Waals surface area contributed by atoms with E-state index in [1.807, 2.05) is 23.8 Å². The van der Waals surface area contributed by atoms with Crippen molar-refractivity contribution in [1.82, 2.24) is 5.32 Å². The highest BCUT2D eigenvalue weighted by Crippen LogP contribution is 2.21. The van der Waals surface area contributed by atoms with Crippen LogP contribution >= 0.6 is 22.9 Å². The molecule has 0 saturated carbocycles. The molecule has 1 amide bonds. The van der Waals surface area contributed by atoms with Gasteiger partial charge in [-0.25, -0.2) is 4.79 Å². The Morgan fingerprint density at radius 2 is 2.50 bits per heavy atom. The number of thiophene rings is 1. The summed E-state index contributed by atoms with van der Waals surface area (Å²) in [6.45, 7) is 2.91. The number of alkyl carbamates (subject to hydrolysis) is 1. The molecule has 0 fully saturated rings. The van der Waals surface area contributed by atoms with Crippen molar-refractivity contribution >= 4 is 29.0 Å². The summed E-state index contributed by atoms with van der Waals surface area (Å²) in [6, 6.07) is 1.95. The van der Waals surface area contributed by atoms with Crippen LogP contribution in [0.1, 0.15) is 30.7 Å². The standard InChI is InChI=1S/C11H16ClNO2S/c1-2-3-5-15-11(14)13-7-10(12)9-4-6-16-8-9/h4,6,8,10H,2-3,5,7H2,1H3,(H,13,14). The number of ether oxygens (including phenoxy) is 1. The topological polar surface area (TPSA) is 38.3 Å². The van der Waals surface area contributed by atoms with E-state index in [1.165, 1.54) is 0 Å². The molecule has 0 aliphatic carbocycles. The summed E-state index contributed by atoms with van der Waals surface area (Å²) in [5, 5.41) is 6.39. The Balaban J connectivity index is 2.16. The Morgan fingerprint density at radius 3 is 3.12 bits per heavy atom. The van der Waals surface area contributed by atoms with Crippen LogP contribution in [0, 0.1) is 0 Å². The maximum Gasteiger partial charge on any atom is 0.407 e. The number of alkyl halides is 1. The third kappa shape index (κ3) is 4.86. The summed E-state index contributed by atoms with van der Waals surface area (Å²) in [7, 11) is 0. The fraction of sp³-hybridized carbons (Fsp3) is 0.545. The molecule has 3 nitrogen and oxygen atoms in total. The van der Waals surface area contributed by atoms with E-state index in [1.54, 1.807) is 11.3 Å². The van der Waals surface area contributed by atoms with Gasteiger partial charge in [-0.2, -0.15) is 11.3 Å². The molecule has 0 radical (unpaired) electrons. The zero-order chi connectivity index (χ0) is 11.8. The molecule has 0 bridgehead atoms.